The zero-order chi connectivity index (χ0) is 27.9. The molecule has 0 bridgehead atoms. The van der Waals surface area contributed by atoms with Gasteiger partial charge in [0.1, 0.15) is 29.5 Å². The van der Waals surface area contributed by atoms with E-state index in [0.717, 1.165) is 0 Å². The molecule has 4 atom stereocenters. The van der Waals surface area contributed by atoms with Crippen LogP contribution in [0, 0.1) is 5.92 Å². The number of rotatable bonds is 7. The predicted octanol–water partition coefficient (Wildman–Crippen LogP) is 0.403. The van der Waals surface area contributed by atoms with Crippen LogP contribution in [0.15, 0.2) is 12.3 Å². The van der Waals surface area contributed by atoms with Crippen LogP contribution in [0.2, 0.25) is 0 Å². The Hall–Kier alpha value is -3.64. The van der Waals surface area contributed by atoms with Gasteiger partial charge >= 0.3 is 6.09 Å². The summed E-state index contributed by atoms with van der Waals surface area (Å²) in [7, 11) is 1.47. The van der Waals surface area contributed by atoms with E-state index in [9.17, 15) is 24.0 Å². The number of aromatic nitrogens is 2. The third kappa shape index (κ3) is 5.54. The molecule has 1 fully saturated rings. The quantitative estimate of drug-likeness (QED) is 0.468. The van der Waals surface area contributed by atoms with E-state index in [4.69, 9.17) is 10.5 Å². The number of alkyl carbamates (subject to hydrolysis) is 1. The molecule has 3 heterocycles. The molecular formula is C24H37N7O6. The standard InChI is InChI=1S/C24H37N7O6/c1-13(2)10-15(29(7)19(33)14(3)27-22(36)37-23(4,5)6)20(34)30-12-24(11-16(30)18(25)32)21(35)28-17-8-9-26-31(17)24/h8-9,13-16H,10-12H2,1-7H3,(H2,25,32)(H,27,36)(H,28,35)/t14-,15-,16-,24?/m0/s1. The highest BCUT2D eigenvalue weighted by Crippen LogP contribution is 2.41. The van der Waals surface area contributed by atoms with Crippen molar-refractivity contribution in [1.29, 1.82) is 0 Å². The van der Waals surface area contributed by atoms with Gasteiger partial charge in [0.05, 0.1) is 12.7 Å². The second kappa shape index (κ2) is 10.0. The molecule has 0 saturated carbocycles. The Kier molecular flexibility index (Phi) is 7.57. The number of hydrogen-bond acceptors (Lipinski definition) is 7. The molecule has 1 aromatic rings. The molecule has 0 radical (unpaired) electrons. The number of amides is 5. The van der Waals surface area contributed by atoms with Crippen molar-refractivity contribution in [3.05, 3.63) is 12.3 Å². The summed E-state index contributed by atoms with van der Waals surface area (Å²) in [6, 6.07) is -1.38. The Morgan fingerprint density at radius 1 is 1.30 bits per heavy atom. The Morgan fingerprint density at radius 3 is 2.51 bits per heavy atom. The number of ether oxygens (including phenoxy) is 1. The molecule has 13 heteroatoms. The molecule has 204 valence electrons. The minimum atomic E-state index is -1.27. The topological polar surface area (TPSA) is 169 Å². The molecule has 2 aliphatic heterocycles. The number of nitrogens with zero attached hydrogens (tertiary/aromatic N) is 4. The maximum atomic E-state index is 13.9. The van der Waals surface area contributed by atoms with E-state index in [1.165, 1.54) is 34.6 Å². The second-order valence-corrected chi connectivity index (χ2v) is 11.2. The van der Waals surface area contributed by atoms with Gasteiger partial charge in [0.15, 0.2) is 5.54 Å². The summed E-state index contributed by atoms with van der Waals surface area (Å²) >= 11 is 0. The Bertz CT molecular complexity index is 1090. The van der Waals surface area contributed by atoms with Crippen molar-refractivity contribution in [2.24, 2.45) is 11.7 Å². The number of fused-ring (bicyclic) bond motifs is 2. The number of nitrogens with one attached hydrogen (secondary N) is 2. The van der Waals surface area contributed by atoms with E-state index in [2.05, 4.69) is 15.7 Å². The number of likely N-dealkylation sites (tertiary alicyclic amines) is 1. The van der Waals surface area contributed by atoms with Crippen LogP contribution in [0.4, 0.5) is 10.6 Å². The monoisotopic (exact) mass is 519 g/mol. The predicted molar refractivity (Wildman–Crippen MR) is 133 cm³/mol. The molecule has 37 heavy (non-hydrogen) atoms. The average Bonchev–Trinajstić information content (AvgIpc) is 3.45. The molecule has 1 unspecified atom stereocenters. The molecule has 3 rings (SSSR count). The summed E-state index contributed by atoms with van der Waals surface area (Å²) in [5, 5.41) is 9.46. The van der Waals surface area contributed by atoms with Crippen molar-refractivity contribution >= 4 is 35.5 Å². The van der Waals surface area contributed by atoms with E-state index in [-0.39, 0.29) is 31.2 Å². The van der Waals surface area contributed by atoms with Crippen LogP contribution in [0.25, 0.3) is 0 Å². The summed E-state index contributed by atoms with van der Waals surface area (Å²) in [6.45, 7) is 10.3. The molecule has 13 nitrogen and oxygen atoms in total. The Labute approximate surface area is 216 Å². The van der Waals surface area contributed by atoms with Crippen LogP contribution in [-0.2, 0) is 29.5 Å². The third-order valence-electron chi connectivity index (χ3n) is 6.56. The number of hydrogen-bond donors (Lipinski definition) is 3. The first-order chi connectivity index (χ1) is 17.1. The normalized spacial score (nSPS) is 22.4. The van der Waals surface area contributed by atoms with Crippen molar-refractivity contribution in [2.45, 2.75) is 83.6 Å². The van der Waals surface area contributed by atoms with Gasteiger partial charge in [0, 0.05) is 19.5 Å². The molecule has 1 aromatic heterocycles. The van der Waals surface area contributed by atoms with Gasteiger partial charge < -0.3 is 30.9 Å². The molecule has 1 spiro atoms. The SMILES string of the molecule is CC(C)C[C@@H](C(=O)N1CC2(C[C@H]1C(N)=O)C(=O)Nc1ccnn12)N(C)C(=O)[C@H](C)NC(=O)OC(C)(C)C. The minimum absolute atomic E-state index is 0.00871. The van der Waals surface area contributed by atoms with Gasteiger partial charge in [-0.15, -0.1) is 0 Å². The largest absolute Gasteiger partial charge is 0.444 e. The highest BCUT2D eigenvalue weighted by molar-refractivity contribution is 6.03. The number of carbonyl (C=O) groups excluding carboxylic acids is 5. The van der Waals surface area contributed by atoms with E-state index >= 15 is 0 Å². The first-order valence-electron chi connectivity index (χ1n) is 12.3. The maximum absolute atomic E-state index is 13.9. The fourth-order valence-electron chi connectivity index (χ4n) is 4.83. The smallest absolute Gasteiger partial charge is 0.408 e. The molecular weight excluding hydrogens is 482 g/mol. The van der Waals surface area contributed by atoms with E-state index in [0.29, 0.717) is 5.82 Å². The van der Waals surface area contributed by atoms with Crippen LogP contribution in [0.5, 0.6) is 0 Å². The van der Waals surface area contributed by atoms with Crippen molar-refractivity contribution < 1.29 is 28.7 Å². The third-order valence-corrected chi connectivity index (χ3v) is 6.56. The lowest BCUT2D eigenvalue weighted by molar-refractivity contribution is -0.148. The van der Waals surface area contributed by atoms with Crippen LogP contribution in [0.3, 0.4) is 0 Å². The van der Waals surface area contributed by atoms with Crippen molar-refractivity contribution in [3.63, 3.8) is 0 Å². The Balaban J connectivity index is 1.85. The molecule has 1 saturated heterocycles. The lowest BCUT2D eigenvalue weighted by Gasteiger charge is -2.35. The highest BCUT2D eigenvalue weighted by Gasteiger charge is 2.58. The van der Waals surface area contributed by atoms with Crippen molar-refractivity contribution in [2.75, 3.05) is 18.9 Å². The average molecular weight is 520 g/mol. The zero-order valence-corrected chi connectivity index (χ0v) is 22.4. The lowest BCUT2D eigenvalue weighted by Crippen LogP contribution is -2.57. The summed E-state index contributed by atoms with van der Waals surface area (Å²) < 4.78 is 6.71. The second-order valence-electron chi connectivity index (χ2n) is 11.2. The van der Waals surface area contributed by atoms with Gasteiger partial charge in [0.2, 0.25) is 17.7 Å². The first kappa shape index (κ1) is 27.9. The highest BCUT2D eigenvalue weighted by atomic mass is 16.6. The summed E-state index contributed by atoms with van der Waals surface area (Å²) in [6.07, 6.45) is 1.02. The molecule has 5 amide bonds. The van der Waals surface area contributed by atoms with Gasteiger partial charge in [0.25, 0.3) is 5.91 Å². The zero-order valence-electron chi connectivity index (χ0n) is 22.4. The van der Waals surface area contributed by atoms with Crippen LogP contribution in [-0.4, -0.2) is 86.6 Å². The van der Waals surface area contributed by atoms with E-state index < -0.39 is 53.1 Å². The molecule has 0 aliphatic carbocycles. The minimum Gasteiger partial charge on any atom is -0.444 e. The van der Waals surface area contributed by atoms with Gasteiger partial charge in [-0.2, -0.15) is 5.10 Å². The van der Waals surface area contributed by atoms with Gasteiger partial charge in [-0.1, -0.05) is 13.8 Å². The lowest BCUT2D eigenvalue weighted by atomic mass is 9.96. The first-order valence-corrected chi connectivity index (χ1v) is 12.3. The van der Waals surface area contributed by atoms with E-state index in [1.54, 1.807) is 26.8 Å². The number of anilines is 1. The van der Waals surface area contributed by atoms with Gasteiger partial charge in [-0.25, -0.2) is 9.48 Å². The number of nitrogens with two attached hydrogens (primary N) is 1. The van der Waals surface area contributed by atoms with E-state index in [1.807, 2.05) is 13.8 Å². The van der Waals surface area contributed by atoms with Crippen molar-refractivity contribution in [3.8, 4) is 0 Å². The Morgan fingerprint density at radius 2 is 1.95 bits per heavy atom. The molecule has 2 aliphatic rings. The van der Waals surface area contributed by atoms with Gasteiger partial charge in [-0.05, 0) is 40.0 Å². The van der Waals surface area contributed by atoms with Crippen LogP contribution in [0.1, 0.15) is 54.4 Å². The number of carbonyl (C=O) groups is 5. The fraction of sp³-hybridized carbons (Fsp3) is 0.667. The van der Waals surface area contributed by atoms with Crippen LogP contribution < -0.4 is 16.4 Å². The summed E-state index contributed by atoms with van der Waals surface area (Å²) in [5.74, 6) is -1.68. The number of primary amides is 1. The molecule has 4 N–H and O–H groups in total. The molecule has 0 aromatic carbocycles. The van der Waals surface area contributed by atoms with Gasteiger partial charge in [-0.3, -0.25) is 19.2 Å². The number of likely N-dealkylation sites (N-methyl/N-ethyl adjacent to an activating group) is 1. The summed E-state index contributed by atoms with van der Waals surface area (Å²) in [5.41, 5.74) is 3.65. The van der Waals surface area contributed by atoms with Crippen molar-refractivity contribution in [1.82, 2.24) is 24.9 Å². The summed E-state index contributed by atoms with van der Waals surface area (Å²) in [4.78, 5) is 67.3. The van der Waals surface area contributed by atoms with Crippen LogP contribution >= 0.6 is 0 Å². The fourth-order valence-corrected chi connectivity index (χ4v) is 4.83. The maximum Gasteiger partial charge on any atom is 0.408 e.